The van der Waals surface area contributed by atoms with E-state index in [1.165, 1.54) is 12.1 Å². The smallest absolute Gasteiger partial charge is 0.126 e. The number of benzene rings is 1. The van der Waals surface area contributed by atoms with Gasteiger partial charge in [0.05, 0.1) is 0 Å². The van der Waals surface area contributed by atoms with Crippen molar-refractivity contribution in [1.82, 2.24) is 5.32 Å². The maximum atomic E-state index is 12.9. The second-order valence-corrected chi connectivity index (χ2v) is 3.33. The molecule has 4 heteroatoms. The Morgan fingerprint density at radius 2 is 1.87 bits per heavy atom. The lowest BCUT2D eigenvalue weighted by Crippen LogP contribution is -2.22. The highest BCUT2D eigenvalue weighted by Crippen LogP contribution is 2.18. The fourth-order valence-corrected chi connectivity index (χ4v) is 1.54. The number of aliphatic hydroxyl groups is 1. The maximum Gasteiger partial charge on any atom is 0.126 e. The molecule has 1 aromatic carbocycles. The van der Waals surface area contributed by atoms with Gasteiger partial charge in [0.25, 0.3) is 0 Å². The third-order valence-electron chi connectivity index (χ3n) is 2.16. The zero-order chi connectivity index (χ0) is 11.3. The van der Waals surface area contributed by atoms with Crippen LogP contribution in [-0.4, -0.2) is 18.3 Å². The Morgan fingerprint density at radius 1 is 1.27 bits per heavy atom. The van der Waals surface area contributed by atoms with Crippen LogP contribution in [0.3, 0.4) is 0 Å². The van der Waals surface area contributed by atoms with Crippen molar-refractivity contribution in [3.05, 3.63) is 35.4 Å². The van der Waals surface area contributed by atoms with Crippen LogP contribution in [0.25, 0.3) is 0 Å². The van der Waals surface area contributed by atoms with Crippen LogP contribution in [-0.2, 0) is 0 Å². The summed E-state index contributed by atoms with van der Waals surface area (Å²) in [4.78, 5) is 0. The van der Waals surface area contributed by atoms with Crippen LogP contribution in [0.1, 0.15) is 24.9 Å². The number of aliphatic hydroxyl groups excluding tert-OH is 1. The predicted octanol–water partition coefficient (Wildman–Crippen LogP) is 2.00. The Morgan fingerprint density at radius 3 is 2.33 bits per heavy atom. The van der Waals surface area contributed by atoms with Gasteiger partial charge in [0, 0.05) is 18.7 Å². The topological polar surface area (TPSA) is 32.3 Å². The molecule has 0 amide bonds. The van der Waals surface area contributed by atoms with Gasteiger partial charge in [-0.1, -0.05) is 6.92 Å². The zero-order valence-corrected chi connectivity index (χ0v) is 8.63. The zero-order valence-electron chi connectivity index (χ0n) is 8.63. The SMILES string of the molecule is CCNC(CCO)c1cc(F)cc(F)c1. The van der Waals surface area contributed by atoms with Crippen LogP contribution in [0.5, 0.6) is 0 Å². The number of rotatable bonds is 5. The Balaban J connectivity index is 2.88. The van der Waals surface area contributed by atoms with Gasteiger partial charge in [-0.3, -0.25) is 0 Å². The molecule has 0 aliphatic heterocycles. The molecule has 0 bridgehead atoms. The first-order valence-corrected chi connectivity index (χ1v) is 4.97. The summed E-state index contributed by atoms with van der Waals surface area (Å²) < 4.78 is 25.9. The van der Waals surface area contributed by atoms with E-state index in [1.807, 2.05) is 6.92 Å². The quantitative estimate of drug-likeness (QED) is 0.787. The van der Waals surface area contributed by atoms with Crippen molar-refractivity contribution in [2.24, 2.45) is 0 Å². The lowest BCUT2D eigenvalue weighted by atomic mass is 10.0. The molecule has 1 unspecified atom stereocenters. The average Bonchev–Trinajstić information content (AvgIpc) is 2.16. The average molecular weight is 215 g/mol. The Labute approximate surface area is 87.9 Å². The Kier molecular flexibility index (Phi) is 4.65. The van der Waals surface area contributed by atoms with E-state index in [2.05, 4.69) is 5.32 Å². The number of halogens is 2. The van der Waals surface area contributed by atoms with Crippen molar-refractivity contribution in [3.63, 3.8) is 0 Å². The fourth-order valence-electron chi connectivity index (χ4n) is 1.54. The van der Waals surface area contributed by atoms with Crippen LogP contribution < -0.4 is 5.32 Å². The summed E-state index contributed by atoms with van der Waals surface area (Å²) in [5.41, 5.74) is 0.531. The van der Waals surface area contributed by atoms with Crippen LogP contribution >= 0.6 is 0 Å². The molecule has 0 saturated carbocycles. The first kappa shape index (κ1) is 12.1. The molecule has 0 aromatic heterocycles. The molecule has 1 atom stereocenters. The highest BCUT2D eigenvalue weighted by atomic mass is 19.1. The molecule has 0 saturated heterocycles. The summed E-state index contributed by atoms with van der Waals surface area (Å²) >= 11 is 0. The molecule has 1 rings (SSSR count). The fraction of sp³-hybridized carbons (Fsp3) is 0.455. The van der Waals surface area contributed by atoms with Gasteiger partial charge in [-0.25, -0.2) is 8.78 Å². The molecule has 1 aromatic rings. The van der Waals surface area contributed by atoms with Crippen molar-refractivity contribution in [2.45, 2.75) is 19.4 Å². The van der Waals surface area contributed by atoms with Gasteiger partial charge in [-0.15, -0.1) is 0 Å². The first-order chi connectivity index (χ1) is 7.17. The van der Waals surface area contributed by atoms with E-state index in [0.29, 0.717) is 18.5 Å². The van der Waals surface area contributed by atoms with Gasteiger partial charge in [-0.05, 0) is 30.7 Å². The lowest BCUT2D eigenvalue weighted by molar-refractivity contribution is 0.266. The standard InChI is InChI=1S/C11H15F2NO/c1-2-14-11(3-4-15)8-5-9(12)7-10(13)6-8/h5-7,11,14-15H,2-4H2,1H3. The molecule has 84 valence electrons. The predicted molar refractivity (Wildman–Crippen MR) is 54.5 cm³/mol. The molecule has 0 spiro atoms. The van der Waals surface area contributed by atoms with E-state index < -0.39 is 11.6 Å². The molecule has 2 nitrogen and oxygen atoms in total. The molecule has 0 radical (unpaired) electrons. The van der Waals surface area contributed by atoms with E-state index in [9.17, 15) is 8.78 Å². The van der Waals surface area contributed by atoms with E-state index in [4.69, 9.17) is 5.11 Å². The van der Waals surface area contributed by atoms with Gasteiger partial charge in [0.2, 0.25) is 0 Å². The highest BCUT2D eigenvalue weighted by molar-refractivity contribution is 5.21. The minimum absolute atomic E-state index is 0.0181. The molecule has 0 fully saturated rings. The summed E-state index contributed by atoms with van der Waals surface area (Å²) in [6.45, 7) is 2.57. The second kappa shape index (κ2) is 5.78. The Hall–Kier alpha value is -1.00. The second-order valence-electron chi connectivity index (χ2n) is 3.33. The molecule has 0 heterocycles. The van der Waals surface area contributed by atoms with Gasteiger partial charge in [-0.2, -0.15) is 0 Å². The molecule has 2 N–H and O–H groups in total. The van der Waals surface area contributed by atoms with E-state index in [-0.39, 0.29) is 12.6 Å². The Bertz CT molecular complexity index is 291. The minimum Gasteiger partial charge on any atom is -0.396 e. The normalized spacial score (nSPS) is 12.8. The summed E-state index contributed by atoms with van der Waals surface area (Å²) in [5.74, 6) is -1.18. The van der Waals surface area contributed by atoms with Crippen molar-refractivity contribution >= 4 is 0 Å². The number of nitrogens with one attached hydrogen (secondary N) is 1. The van der Waals surface area contributed by atoms with Gasteiger partial charge >= 0.3 is 0 Å². The summed E-state index contributed by atoms with van der Waals surface area (Å²) in [5, 5.41) is 11.9. The minimum atomic E-state index is -0.592. The van der Waals surface area contributed by atoms with Crippen molar-refractivity contribution < 1.29 is 13.9 Å². The monoisotopic (exact) mass is 215 g/mol. The number of hydrogen-bond donors (Lipinski definition) is 2. The third kappa shape index (κ3) is 3.57. The summed E-state index contributed by atoms with van der Waals surface area (Å²) in [6, 6.07) is 3.20. The van der Waals surface area contributed by atoms with E-state index >= 15 is 0 Å². The van der Waals surface area contributed by atoms with Crippen molar-refractivity contribution in [2.75, 3.05) is 13.2 Å². The van der Waals surface area contributed by atoms with Gasteiger partial charge in [0.15, 0.2) is 0 Å². The summed E-state index contributed by atoms with van der Waals surface area (Å²) in [6.07, 6.45) is 0.441. The van der Waals surface area contributed by atoms with Crippen LogP contribution in [0.4, 0.5) is 8.78 Å². The van der Waals surface area contributed by atoms with Crippen molar-refractivity contribution in [3.8, 4) is 0 Å². The molecule has 0 aliphatic rings. The van der Waals surface area contributed by atoms with Crippen LogP contribution in [0, 0.1) is 11.6 Å². The van der Waals surface area contributed by atoms with Crippen molar-refractivity contribution in [1.29, 1.82) is 0 Å². The number of hydrogen-bond acceptors (Lipinski definition) is 2. The van der Waals surface area contributed by atoms with E-state index in [1.54, 1.807) is 0 Å². The molecular weight excluding hydrogens is 200 g/mol. The van der Waals surface area contributed by atoms with Crippen LogP contribution in [0.15, 0.2) is 18.2 Å². The largest absolute Gasteiger partial charge is 0.396 e. The first-order valence-electron chi connectivity index (χ1n) is 4.97. The molecular formula is C11H15F2NO. The maximum absolute atomic E-state index is 12.9. The molecule has 15 heavy (non-hydrogen) atoms. The third-order valence-corrected chi connectivity index (χ3v) is 2.16. The van der Waals surface area contributed by atoms with Gasteiger partial charge in [0.1, 0.15) is 11.6 Å². The highest BCUT2D eigenvalue weighted by Gasteiger charge is 2.11. The lowest BCUT2D eigenvalue weighted by Gasteiger charge is -2.17. The molecule has 0 aliphatic carbocycles. The van der Waals surface area contributed by atoms with Gasteiger partial charge < -0.3 is 10.4 Å². The summed E-state index contributed by atoms with van der Waals surface area (Å²) in [7, 11) is 0. The van der Waals surface area contributed by atoms with E-state index in [0.717, 1.165) is 6.07 Å². The van der Waals surface area contributed by atoms with Crippen LogP contribution in [0.2, 0.25) is 0 Å².